The van der Waals surface area contributed by atoms with E-state index in [9.17, 15) is 9.90 Å². The number of para-hydroxylation sites is 1. The second-order valence-electron chi connectivity index (χ2n) is 5.58. The van der Waals surface area contributed by atoms with Crippen LogP contribution in [0.3, 0.4) is 0 Å². The highest BCUT2D eigenvalue weighted by atomic mass is 16.6. The average Bonchev–Trinajstić information content (AvgIpc) is 2.53. The highest BCUT2D eigenvalue weighted by Gasteiger charge is 2.51. The van der Waals surface area contributed by atoms with Crippen LogP contribution in [0.15, 0.2) is 54.6 Å². The zero-order valence-corrected chi connectivity index (χ0v) is 12.5. The molecular weight excluding hydrogens is 280 g/mol. The summed E-state index contributed by atoms with van der Waals surface area (Å²) in [6.07, 6.45) is 0. The Morgan fingerprint density at radius 1 is 1.14 bits per heavy atom. The molecule has 0 saturated heterocycles. The van der Waals surface area contributed by atoms with Crippen LogP contribution in [0.25, 0.3) is 0 Å². The molecule has 0 saturated carbocycles. The zero-order chi connectivity index (χ0) is 15.7. The Morgan fingerprint density at radius 2 is 1.77 bits per heavy atom. The Morgan fingerprint density at radius 3 is 2.45 bits per heavy atom. The van der Waals surface area contributed by atoms with Gasteiger partial charge in [0.15, 0.2) is 0 Å². The van der Waals surface area contributed by atoms with Gasteiger partial charge in [0.05, 0.1) is 7.11 Å². The van der Waals surface area contributed by atoms with Crippen LogP contribution in [0.5, 0.6) is 5.75 Å². The maximum absolute atomic E-state index is 12.3. The van der Waals surface area contributed by atoms with Crippen LogP contribution in [0.4, 0.5) is 0 Å². The molecule has 0 amide bonds. The first-order valence-corrected chi connectivity index (χ1v) is 7.17. The van der Waals surface area contributed by atoms with Crippen LogP contribution in [0.2, 0.25) is 0 Å². The number of rotatable bonds is 2. The predicted molar refractivity (Wildman–Crippen MR) is 81.5 cm³/mol. The molecule has 1 aliphatic heterocycles. The Hall–Kier alpha value is -2.33. The molecule has 4 nitrogen and oxygen atoms in total. The predicted octanol–water partition coefficient (Wildman–Crippen LogP) is 2.71. The largest absolute Gasteiger partial charge is 0.469 e. The van der Waals surface area contributed by atoms with Gasteiger partial charge in [0.25, 0.3) is 0 Å². The van der Waals surface area contributed by atoms with Crippen LogP contribution in [-0.2, 0) is 9.53 Å². The molecule has 3 atom stereocenters. The molecule has 3 unspecified atom stereocenters. The van der Waals surface area contributed by atoms with E-state index in [2.05, 4.69) is 0 Å². The molecule has 0 aromatic heterocycles. The summed E-state index contributed by atoms with van der Waals surface area (Å²) in [5.74, 6) is -2.71. The third kappa shape index (κ3) is 2.35. The van der Waals surface area contributed by atoms with Gasteiger partial charge in [-0.05, 0) is 11.6 Å². The maximum atomic E-state index is 12.3. The van der Waals surface area contributed by atoms with E-state index < -0.39 is 17.7 Å². The third-order valence-electron chi connectivity index (χ3n) is 4.09. The summed E-state index contributed by atoms with van der Waals surface area (Å²) in [5.41, 5.74) is 1.81. The van der Waals surface area contributed by atoms with Gasteiger partial charge in [0.2, 0.25) is 5.79 Å². The molecule has 4 heteroatoms. The van der Waals surface area contributed by atoms with Crippen molar-refractivity contribution in [1.29, 1.82) is 0 Å². The highest BCUT2D eigenvalue weighted by molar-refractivity contribution is 5.76. The highest BCUT2D eigenvalue weighted by Crippen LogP contribution is 2.47. The fourth-order valence-corrected chi connectivity index (χ4v) is 3.12. The number of fused-ring (bicyclic) bond motifs is 1. The summed E-state index contributed by atoms with van der Waals surface area (Å²) in [5, 5.41) is 10.7. The molecule has 3 rings (SSSR count). The summed E-state index contributed by atoms with van der Waals surface area (Å²) in [6, 6.07) is 17.1. The molecule has 0 bridgehead atoms. The van der Waals surface area contributed by atoms with Crippen LogP contribution in [0, 0.1) is 5.92 Å². The van der Waals surface area contributed by atoms with Gasteiger partial charge in [-0.15, -0.1) is 0 Å². The number of hydrogen-bond acceptors (Lipinski definition) is 4. The van der Waals surface area contributed by atoms with Gasteiger partial charge in [-0.1, -0.05) is 48.5 Å². The van der Waals surface area contributed by atoms with E-state index in [4.69, 9.17) is 9.47 Å². The number of carbonyl (C=O) groups is 1. The molecular formula is C18H18O4. The number of esters is 1. The Kier molecular flexibility index (Phi) is 3.62. The SMILES string of the molecule is COC(=O)C1C(c2ccccc2)c2ccccc2OC1(C)O. The smallest absolute Gasteiger partial charge is 0.316 e. The van der Waals surface area contributed by atoms with Crippen LogP contribution < -0.4 is 4.74 Å². The Labute approximate surface area is 129 Å². The molecule has 0 radical (unpaired) electrons. The van der Waals surface area contributed by atoms with Crippen molar-refractivity contribution in [3.8, 4) is 5.75 Å². The van der Waals surface area contributed by atoms with E-state index in [-0.39, 0.29) is 5.92 Å². The summed E-state index contributed by atoms with van der Waals surface area (Å²) in [6.45, 7) is 1.50. The van der Waals surface area contributed by atoms with Crippen molar-refractivity contribution in [2.24, 2.45) is 5.92 Å². The minimum Gasteiger partial charge on any atom is -0.469 e. The number of ether oxygens (including phenoxy) is 2. The zero-order valence-electron chi connectivity index (χ0n) is 12.5. The van der Waals surface area contributed by atoms with Crippen molar-refractivity contribution < 1.29 is 19.4 Å². The molecule has 22 heavy (non-hydrogen) atoms. The van der Waals surface area contributed by atoms with E-state index in [1.54, 1.807) is 6.07 Å². The second kappa shape index (κ2) is 5.46. The standard InChI is InChI=1S/C18H18O4/c1-18(20)16(17(19)21-2)15(12-8-4-3-5-9-12)13-10-6-7-11-14(13)22-18/h3-11,15-16,20H,1-2H3. The molecule has 0 spiro atoms. The van der Waals surface area contributed by atoms with Gasteiger partial charge in [-0.3, -0.25) is 4.79 Å². The van der Waals surface area contributed by atoms with E-state index in [0.29, 0.717) is 5.75 Å². The Bertz CT molecular complexity index is 678. The lowest BCUT2D eigenvalue weighted by Crippen LogP contribution is -2.51. The van der Waals surface area contributed by atoms with Crippen molar-refractivity contribution in [2.75, 3.05) is 7.11 Å². The second-order valence-corrected chi connectivity index (χ2v) is 5.58. The topological polar surface area (TPSA) is 55.8 Å². The first-order valence-electron chi connectivity index (χ1n) is 7.17. The van der Waals surface area contributed by atoms with Crippen LogP contribution in [-0.4, -0.2) is 24.0 Å². The summed E-state index contributed by atoms with van der Waals surface area (Å²) < 4.78 is 10.6. The van der Waals surface area contributed by atoms with Gasteiger partial charge < -0.3 is 14.6 Å². The van der Waals surface area contributed by atoms with E-state index in [1.807, 2.05) is 48.5 Å². The minimum atomic E-state index is -1.64. The minimum absolute atomic E-state index is 0.325. The monoisotopic (exact) mass is 298 g/mol. The molecule has 0 fully saturated rings. The van der Waals surface area contributed by atoms with Gasteiger partial charge in [0, 0.05) is 18.4 Å². The number of aliphatic hydroxyl groups is 1. The molecule has 114 valence electrons. The van der Waals surface area contributed by atoms with E-state index in [0.717, 1.165) is 11.1 Å². The maximum Gasteiger partial charge on any atom is 0.316 e. The number of benzene rings is 2. The number of carbonyl (C=O) groups excluding carboxylic acids is 1. The molecule has 2 aromatic carbocycles. The first kappa shape index (κ1) is 14.6. The third-order valence-corrected chi connectivity index (χ3v) is 4.09. The average molecular weight is 298 g/mol. The lowest BCUT2D eigenvalue weighted by molar-refractivity contribution is -0.197. The summed E-state index contributed by atoms with van der Waals surface area (Å²) in [4.78, 5) is 12.3. The first-order chi connectivity index (χ1) is 10.5. The molecule has 1 heterocycles. The van der Waals surface area contributed by atoms with Gasteiger partial charge in [-0.25, -0.2) is 0 Å². The van der Waals surface area contributed by atoms with Crippen molar-refractivity contribution in [3.63, 3.8) is 0 Å². The fourth-order valence-electron chi connectivity index (χ4n) is 3.12. The summed E-state index contributed by atoms with van der Waals surface area (Å²) in [7, 11) is 1.32. The number of methoxy groups -OCH3 is 1. The molecule has 0 aliphatic carbocycles. The molecule has 1 N–H and O–H groups in total. The number of hydrogen-bond donors (Lipinski definition) is 1. The normalized spacial score (nSPS) is 26.7. The fraction of sp³-hybridized carbons (Fsp3) is 0.278. The summed E-state index contributed by atoms with van der Waals surface area (Å²) >= 11 is 0. The van der Waals surface area contributed by atoms with Gasteiger partial charge >= 0.3 is 5.97 Å². The van der Waals surface area contributed by atoms with E-state index >= 15 is 0 Å². The Balaban J connectivity index is 2.21. The van der Waals surface area contributed by atoms with Gasteiger partial charge in [-0.2, -0.15) is 0 Å². The molecule has 1 aliphatic rings. The van der Waals surface area contributed by atoms with Crippen molar-refractivity contribution in [3.05, 3.63) is 65.7 Å². The molecule has 2 aromatic rings. The lowest BCUT2D eigenvalue weighted by Gasteiger charge is -2.42. The van der Waals surface area contributed by atoms with Crippen LogP contribution in [0.1, 0.15) is 24.0 Å². The quantitative estimate of drug-likeness (QED) is 0.866. The van der Waals surface area contributed by atoms with Gasteiger partial charge in [0.1, 0.15) is 11.7 Å². The van der Waals surface area contributed by atoms with Crippen molar-refractivity contribution in [1.82, 2.24) is 0 Å². The van der Waals surface area contributed by atoms with E-state index in [1.165, 1.54) is 14.0 Å². The van der Waals surface area contributed by atoms with Crippen LogP contribution >= 0.6 is 0 Å². The lowest BCUT2D eigenvalue weighted by atomic mass is 9.74. The van der Waals surface area contributed by atoms with Crippen molar-refractivity contribution in [2.45, 2.75) is 18.6 Å². The van der Waals surface area contributed by atoms with Crippen molar-refractivity contribution >= 4 is 5.97 Å².